The van der Waals surface area contributed by atoms with Crippen LogP contribution >= 0.6 is 0 Å². The lowest BCUT2D eigenvalue weighted by Crippen LogP contribution is -2.34. The predicted octanol–water partition coefficient (Wildman–Crippen LogP) is 4.78. The molecule has 1 aliphatic rings. The second kappa shape index (κ2) is 6.46. The zero-order chi connectivity index (χ0) is 17.3. The molecule has 0 unspecified atom stereocenters. The summed E-state index contributed by atoms with van der Waals surface area (Å²) >= 11 is 0. The highest BCUT2D eigenvalue weighted by atomic mass is 16.5. The van der Waals surface area contributed by atoms with Crippen molar-refractivity contribution in [2.24, 2.45) is 0 Å². The first-order valence-electron chi connectivity index (χ1n) is 9.11. The van der Waals surface area contributed by atoms with E-state index in [9.17, 15) is 0 Å². The van der Waals surface area contributed by atoms with Gasteiger partial charge >= 0.3 is 0 Å². The van der Waals surface area contributed by atoms with Crippen LogP contribution in [0, 0.1) is 0 Å². The molecular weight excluding hydrogens is 324 g/mol. The van der Waals surface area contributed by atoms with Crippen LogP contribution in [0.1, 0.15) is 12.8 Å². The lowest BCUT2D eigenvalue weighted by Gasteiger charge is -2.25. The number of furan rings is 1. The van der Waals surface area contributed by atoms with Gasteiger partial charge in [0.05, 0.1) is 5.56 Å². The smallest absolute Gasteiger partial charge is 0.139 e. The van der Waals surface area contributed by atoms with Gasteiger partial charge in [-0.25, -0.2) is 0 Å². The summed E-state index contributed by atoms with van der Waals surface area (Å²) in [6, 6.07) is 16.4. The zero-order valence-corrected chi connectivity index (χ0v) is 14.4. The first kappa shape index (κ1) is 15.4. The molecule has 4 aromatic rings. The van der Waals surface area contributed by atoms with Crippen molar-refractivity contribution in [2.45, 2.75) is 18.9 Å². The van der Waals surface area contributed by atoms with Gasteiger partial charge in [-0.2, -0.15) is 0 Å². The first-order valence-corrected chi connectivity index (χ1v) is 9.11. The fourth-order valence-electron chi connectivity index (χ4n) is 3.61. The Balaban J connectivity index is 1.64. The summed E-state index contributed by atoms with van der Waals surface area (Å²) in [4.78, 5) is 4.25. The molecule has 4 heteroatoms. The zero-order valence-electron chi connectivity index (χ0n) is 14.4. The summed E-state index contributed by atoms with van der Waals surface area (Å²) in [6.45, 7) is 2.00. The Morgan fingerprint density at radius 2 is 1.85 bits per heavy atom. The third kappa shape index (κ3) is 2.82. The fraction of sp³-hybridized carbons (Fsp3) is 0.227. The lowest BCUT2D eigenvalue weighted by molar-refractivity contribution is 0.163. The van der Waals surface area contributed by atoms with E-state index in [1.165, 1.54) is 0 Å². The average molecular weight is 344 g/mol. The summed E-state index contributed by atoms with van der Waals surface area (Å²) < 4.78 is 12.5. The van der Waals surface area contributed by atoms with Gasteiger partial charge in [0.25, 0.3) is 0 Å². The van der Waals surface area contributed by atoms with Gasteiger partial charge in [-0.1, -0.05) is 18.2 Å². The van der Waals surface area contributed by atoms with Crippen LogP contribution in [0.15, 0.2) is 65.3 Å². The normalized spacial score (nSPS) is 15.5. The predicted molar refractivity (Wildman–Crippen MR) is 103 cm³/mol. The van der Waals surface area contributed by atoms with Gasteiger partial charge in [0.2, 0.25) is 0 Å². The Morgan fingerprint density at radius 3 is 2.73 bits per heavy atom. The number of benzene rings is 2. The Morgan fingerprint density at radius 1 is 0.962 bits per heavy atom. The van der Waals surface area contributed by atoms with Gasteiger partial charge in [-0.3, -0.25) is 4.98 Å². The average Bonchev–Trinajstić information content (AvgIpc) is 3.12. The van der Waals surface area contributed by atoms with E-state index in [2.05, 4.69) is 34.6 Å². The maximum atomic E-state index is 6.42. The molecule has 1 aliphatic heterocycles. The lowest BCUT2D eigenvalue weighted by atomic mass is 10.0. The van der Waals surface area contributed by atoms with Gasteiger partial charge in [-0.15, -0.1) is 0 Å². The number of nitrogens with one attached hydrogen (secondary N) is 1. The fourth-order valence-corrected chi connectivity index (χ4v) is 3.61. The standard InChI is InChI=1S/C22H20N2O2/c1-2-4-20-16(3-1)12-22(26-20)19-11-15-5-8-24-14-17(15)13-21(19)25-18-6-9-23-10-7-18/h1-5,8,11-14,18,23H,6-7,9-10H2. The molecule has 3 heterocycles. The van der Waals surface area contributed by atoms with Gasteiger partial charge in [-0.05, 0) is 61.6 Å². The highest BCUT2D eigenvalue weighted by Gasteiger charge is 2.19. The van der Waals surface area contributed by atoms with E-state index >= 15 is 0 Å². The molecule has 0 spiro atoms. The van der Waals surface area contributed by atoms with Crippen LogP contribution in [-0.4, -0.2) is 24.2 Å². The summed E-state index contributed by atoms with van der Waals surface area (Å²) in [5, 5.41) is 6.70. The van der Waals surface area contributed by atoms with E-state index in [4.69, 9.17) is 9.15 Å². The molecule has 2 aromatic carbocycles. The maximum Gasteiger partial charge on any atom is 0.139 e. The van der Waals surface area contributed by atoms with Crippen LogP contribution in [-0.2, 0) is 0 Å². The van der Waals surface area contributed by atoms with Crippen molar-refractivity contribution in [3.63, 3.8) is 0 Å². The van der Waals surface area contributed by atoms with Crippen LogP contribution in [0.4, 0.5) is 0 Å². The molecule has 4 nitrogen and oxygen atoms in total. The quantitative estimate of drug-likeness (QED) is 0.581. The molecule has 0 aliphatic carbocycles. The van der Waals surface area contributed by atoms with Crippen LogP contribution in [0.2, 0.25) is 0 Å². The Labute approximate surface area is 151 Å². The van der Waals surface area contributed by atoms with Gasteiger partial charge in [0, 0.05) is 23.2 Å². The van der Waals surface area contributed by atoms with Crippen molar-refractivity contribution in [3.8, 4) is 17.1 Å². The Bertz CT molecular complexity index is 1030. The summed E-state index contributed by atoms with van der Waals surface area (Å²) in [6.07, 6.45) is 5.97. The van der Waals surface area contributed by atoms with Crippen molar-refractivity contribution in [1.82, 2.24) is 10.3 Å². The molecule has 1 fully saturated rings. The second-order valence-electron chi connectivity index (χ2n) is 6.79. The minimum Gasteiger partial charge on any atom is -0.490 e. The molecule has 130 valence electrons. The van der Waals surface area contributed by atoms with Crippen molar-refractivity contribution in [3.05, 3.63) is 60.9 Å². The molecule has 0 atom stereocenters. The van der Waals surface area contributed by atoms with Crippen molar-refractivity contribution >= 4 is 21.7 Å². The highest BCUT2D eigenvalue weighted by Crippen LogP contribution is 2.38. The number of hydrogen-bond donors (Lipinski definition) is 1. The van der Waals surface area contributed by atoms with E-state index in [1.54, 1.807) is 0 Å². The van der Waals surface area contributed by atoms with Crippen LogP contribution in [0.25, 0.3) is 33.1 Å². The third-order valence-corrected chi connectivity index (χ3v) is 5.01. The van der Waals surface area contributed by atoms with Crippen LogP contribution < -0.4 is 10.1 Å². The number of pyridine rings is 1. The minimum atomic E-state index is 0.230. The second-order valence-corrected chi connectivity index (χ2v) is 6.79. The first-order chi connectivity index (χ1) is 12.9. The number of aromatic nitrogens is 1. The van der Waals surface area contributed by atoms with Crippen molar-refractivity contribution < 1.29 is 9.15 Å². The van der Waals surface area contributed by atoms with E-state index in [1.807, 2.05) is 36.7 Å². The van der Waals surface area contributed by atoms with E-state index in [0.29, 0.717) is 0 Å². The molecule has 5 rings (SSSR count). The number of rotatable bonds is 3. The number of nitrogens with zero attached hydrogens (tertiary/aromatic N) is 1. The van der Waals surface area contributed by atoms with Gasteiger partial charge in [0.1, 0.15) is 23.2 Å². The summed E-state index contributed by atoms with van der Waals surface area (Å²) in [5.74, 6) is 1.71. The monoisotopic (exact) mass is 344 g/mol. The van der Waals surface area contributed by atoms with Gasteiger partial charge < -0.3 is 14.5 Å². The molecule has 0 radical (unpaired) electrons. The topological polar surface area (TPSA) is 47.3 Å². The van der Waals surface area contributed by atoms with Gasteiger partial charge in [0.15, 0.2) is 0 Å². The Kier molecular flexibility index (Phi) is 3.83. The molecule has 0 bridgehead atoms. The molecule has 1 saturated heterocycles. The number of hydrogen-bond acceptors (Lipinski definition) is 4. The number of ether oxygens (including phenoxy) is 1. The summed E-state index contributed by atoms with van der Waals surface area (Å²) in [5.41, 5.74) is 1.89. The van der Waals surface area contributed by atoms with E-state index in [-0.39, 0.29) is 6.10 Å². The molecule has 1 N–H and O–H groups in total. The van der Waals surface area contributed by atoms with E-state index in [0.717, 1.165) is 64.7 Å². The minimum absolute atomic E-state index is 0.230. The maximum absolute atomic E-state index is 6.42. The number of piperidine rings is 1. The molecule has 2 aromatic heterocycles. The third-order valence-electron chi connectivity index (χ3n) is 5.01. The molecule has 0 saturated carbocycles. The van der Waals surface area contributed by atoms with Crippen molar-refractivity contribution in [1.29, 1.82) is 0 Å². The number of para-hydroxylation sites is 1. The van der Waals surface area contributed by atoms with Crippen LogP contribution in [0.5, 0.6) is 5.75 Å². The van der Waals surface area contributed by atoms with E-state index < -0.39 is 0 Å². The SMILES string of the molecule is c1ccc2oc(-c3cc4ccncc4cc3OC3CCNCC3)cc2c1. The highest BCUT2D eigenvalue weighted by molar-refractivity contribution is 5.91. The van der Waals surface area contributed by atoms with Crippen molar-refractivity contribution in [2.75, 3.05) is 13.1 Å². The van der Waals surface area contributed by atoms with Crippen LogP contribution in [0.3, 0.4) is 0 Å². The molecular formula is C22H20N2O2. The molecule has 0 amide bonds. The summed E-state index contributed by atoms with van der Waals surface area (Å²) in [7, 11) is 0. The Hall–Kier alpha value is -2.85. The number of fused-ring (bicyclic) bond motifs is 2. The largest absolute Gasteiger partial charge is 0.490 e. The molecule has 26 heavy (non-hydrogen) atoms.